The van der Waals surface area contributed by atoms with Crippen molar-refractivity contribution in [1.82, 2.24) is 25.0 Å². The zero-order chi connectivity index (χ0) is 24.1. The molecule has 1 aromatic heterocycles. The Kier molecular flexibility index (Phi) is 7.85. The molecular weight excluding hydrogens is 452 g/mol. The van der Waals surface area contributed by atoms with Crippen molar-refractivity contribution in [1.29, 1.82) is 0 Å². The van der Waals surface area contributed by atoms with Crippen molar-refractivity contribution in [3.63, 3.8) is 0 Å². The molecule has 0 radical (unpaired) electrons. The number of nitro groups is 1. The molecule has 0 aliphatic carbocycles. The molecule has 2 N–H and O–H groups in total. The molecule has 2 aromatic rings. The standard InChI is InChI=1S/C21H27ClN6O5/c1-13(2)18(24-19(29)15-8-7-14(28(32)33)12-16(15)22)20(30)23-9-5-11-27-21(31)26-10-4-3-6-17(26)25-27/h7-8,12-13,18H,3-6,9-11H2,1-2H3,(H,23,30)(H,24,29). The highest BCUT2D eigenvalue weighted by atomic mass is 35.5. The minimum atomic E-state index is -0.827. The maximum atomic E-state index is 12.7. The van der Waals surface area contributed by atoms with Gasteiger partial charge in [-0.25, -0.2) is 9.48 Å². The van der Waals surface area contributed by atoms with Gasteiger partial charge in [0.05, 0.1) is 15.5 Å². The lowest BCUT2D eigenvalue weighted by molar-refractivity contribution is -0.384. The van der Waals surface area contributed by atoms with Crippen LogP contribution >= 0.6 is 11.6 Å². The highest BCUT2D eigenvalue weighted by Gasteiger charge is 2.26. The second-order valence-electron chi connectivity index (χ2n) is 8.29. The molecule has 3 rings (SSSR count). The van der Waals surface area contributed by atoms with E-state index in [9.17, 15) is 24.5 Å². The maximum absolute atomic E-state index is 12.7. The van der Waals surface area contributed by atoms with Gasteiger partial charge in [-0.15, -0.1) is 0 Å². The average Bonchev–Trinajstić information content (AvgIpc) is 3.10. The van der Waals surface area contributed by atoms with Gasteiger partial charge in [-0.1, -0.05) is 25.4 Å². The zero-order valence-electron chi connectivity index (χ0n) is 18.5. The number of carbonyl (C=O) groups excluding carboxylic acids is 2. The van der Waals surface area contributed by atoms with Gasteiger partial charge in [0.25, 0.3) is 11.6 Å². The number of nitrogens with zero attached hydrogens (tertiary/aromatic N) is 4. The van der Waals surface area contributed by atoms with Crippen molar-refractivity contribution in [2.24, 2.45) is 5.92 Å². The van der Waals surface area contributed by atoms with Crippen molar-refractivity contribution in [3.8, 4) is 0 Å². The van der Waals surface area contributed by atoms with Gasteiger partial charge in [0.15, 0.2) is 0 Å². The van der Waals surface area contributed by atoms with Crippen molar-refractivity contribution < 1.29 is 14.5 Å². The van der Waals surface area contributed by atoms with Crippen LogP contribution in [0.1, 0.15) is 49.3 Å². The first-order chi connectivity index (χ1) is 15.7. The number of benzene rings is 1. The maximum Gasteiger partial charge on any atom is 0.345 e. The normalized spacial score (nSPS) is 13.9. The molecule has 33 heavy (non-hydrogen) atoms. The minimum absolute atomic E-state index is 0.0452. The van der Waals surface area contributed by atoms with E-state index in [-0.39, 0.29) is 33.8 Å². The zero-order valence-corrected chi connectivity index (χ0v) is 19.3. The van der Waals surface area contributed by atoms with Gasteiger partial charge in [0, 0.05) is 38.2 Å². The summed E-state index contributed by atoms with van der Waals surface area (Å²) in [5.74, 6) is -0.372. The summed E-state index contributed by atoms with van der Waals surface area (Å²) in [5.41, 5.74) is -0.306. The van der Waals surface area contributed by atoms with E-state index in [1.807, 2.05) is 0 Å². The predicted octanol–water partition coefficient (Wildman–Crippen LogP) is 1.90. The Morgan fingerprint density at radius 2 is 2.06 bits per heavy atom. The Morgan fingerprint density at radius 3 is 2.70 bits per heavy atom. The monoisotopic (exact) mass is 478 g/mol. The van der Waals surface area contributed by atoms with Crippen LogP contribution in [-0.2, 0) is 24.3 Å². The summed E-state index contributed by atoms with van der Waals surface area (Å²) in [5, 5.41) is 20.6. The van der Waals surface area contributed by atoms with Gasteiger partial charge in [-0.05, 0) is 31.2 Å². The summed E-state index contributed by atoms with van der Waals surface area (Å²) in [6.07, 6.45) is 3.31. The Morgan fingerprint density at radius 1 is 1.30 bits per heavy atom. The lowest BCUT2D eigenvalue weighted by Gasteiger charge is -2.22. The Hall–Kier alpha value is -3.21. The molecule has 1 aromatic carbocycles. The predicted molar refractivity (Wildman–Crippen MR) is 121 cm³/mol. The fourth-order valence-corrected chi connectivity index (χ4v) is 3.96. The second-order valence-corrected chi connectivity index (χ2v) is 8.70. The highest BCUT2D eigenvalue weighted by molar-refractivity contribution is 6.34. The lowest BCUT2D eigenvalue weighted by atomic mass is 10.0. The molecule has 12 heteroatoms. The number of halogens is 1. The Labute approximate surface area is 195 Å². The Bertz CT molecular complexity index is 1110. The van der Waals surface area contributed by atoms with Crippen molar-refractivity contribution in [2.75, 3.05) is 6.54 Å². The molecular formula is C21H27ClN6O5. The number of aromatic nitrogens is 3. The lowest BCUT2D eigenvalue weighted by Crippen LogP contribution is -2.50. The molecule has 0 spiro atoms. The van der Waals surface area contributed by atoms with Crippen LogP contribution in [0.15, 0.2) is 23.0 Å². The van der Waals surface area contributed by atoms with E-state index in [4.69, 9.17) is 11.6 Å². The van der Waals surface area contributed by atoms with Gasteiger partial charge >= 0.3 is 5.69 Å². The van der Waals surface area contributed by atoms with Crippen LogP contribution in [0.2, 0.25) is 5.02 Å². The number of hydrogen-bond donors (Lipinski definition) is 2. The average molecular weight is 479 g/mol. The number of aryl methyl sites for hydroxylation is 2. The van der Waals surface area contributed by atoms with Gasteiger partial charge in [-0.3, -0.25) is 24.3 Å². The fourth-order valence-electron chi connectivity index (χ4n) is 3.70. The molecule has 0 bridgehead atoms. The van der Waals surface area contributed by atoms with Crippen LogP contribution in [0.5, 0.6) is 0 Å². The Balaban J connectivity index is 1.55. The molecule has 1 aliphatic rings. The van der Waals surface area contributed by atoms with E-state index in [2.05, 4.69) is 15.7 Å². The van der Waals surface area contributed by atoms with E-state index >= 15 is 0 Å². The van der Waals surface area contributed by atoms with Crippen LogP contribution in [0.4, 0.5) is 5.69 Å². The summed E-state index contributed by atoms with van der Waals surface area (Å²) in [6, 6.07) is 2.71. The summed E-state index contributed by atoms with van der Waals surface area (Å²) < 4.78 is 3.14. The van der Waals surface area contributed by atoms with E-state index in [0.717, 1.165) is 31.2 Å². The molecule has 1 aliphatic heterocycles. The van der Waals surface area contributed by atoms with Gasteiger partial charge in [-0.2, -0.15) is 5.10 Å². The summed E-state index contributed by atoms with van der Waals surface area (Å²) in [7, 11) is 0. The van der Waals surface area contributed by atoms with Crippen molar-refractivity contribution in [2.45, 2.75) is 58.7 Å². The molecule has 2 amide bonds. The molecule has 1 atom stereocenters. The molecule has 2 heterocycles. The third-order valence-corrected chi connectivity index (χ3v) is 5.83. The smallest absolute Gasteiger partial charge is 0.345 e. The van der Waals surface area contributed by atoms with Crippen LogP contribution in [-0.4, -0.2) is 43.7 Å². The van der Waals surface area contributed by atoms with E-state index < -0.39 is 16.9 Å². The number of nitro benzene ring substituents is 1. The van der Waals surface area contributed by atoms with Crippen molar-refractivity contribution in [3.05, 3.63) is 55.2 Å². The topological polar surface area (TPSA) is 141 Å². The largest absolute Gasteiger partial charge is 0.354 e. The molecule has 0 fully saturated rings. The van der Waals surface area contributed by atoms with Crippen LogP contribution in [0, 0.1) is 16.0 Å². The highest BCUT2D eigenvalue weighted by Crippen LogP contribution is 2.22. The van der Waals surface area contributed by atoms with Crippen LogP contribution in [0.3, 0.4) is 0 Å². The second kappa shape index (κ2) is 10.6. The summed E-state index contributed by atoms with van der Waals surface area (Å²) >= 11 is 6.02. The number of hydrogen-bond acceptors (Lipinski definition) is 6. The first kappa shape index (κ1) is 24.4. The third kappa shape index (κ3) is 5.78. The minimum Gasteiger partial charge on any atom is -0.354 e. The van der Waals surface area contributed by atoms with E-state index in [0.29, 0.717) is 26.1 Å². The van der Waals surface area contributed by atoms with E-state index in [1.165, 1.54) is 16.8 Å². The quantitative estimate of drug-likeness (QED) is 0.320. The van der Waals surface area contributed by atoms with E-state index in [1.54, 1.807) is 18.4 Å². The summed E-state index contributed by atoms with van der Waals surface area (Å²) in [6.45, 7) is 4.97. The van der Waals surface area contributed by atoms with Gasteiger partial charge < -0.3 is 10.6 Å². The summed E-state index contributed by atoms with van der Waals surface area (Å²) in [4.78, 5) is 47.9. The molecule has 11 nitrogen and oxygen atoms in total. The third-order valence-electron chi connectivity index (χ3n) is 5.52. The number of nitrogens with one attached hydrogen (secondary N) is 2. The number of rotatable bonds is 9. The molecule has 0 saturated carbocycles. The van der Waals surface area contributed by atoms with Crippen LogP contribution in [0.25, 0.3) is 0 Å². The number of fused-ring (bicyclic) bond motifs is 1. The molecule has 178 valence electrons. The van der Waals surface area contributed by atoms with Gasteiger partial charge in [0.1, 0.15) is 11.9 Å². The molecule has 0 saturated heterocycles. The number of non-ortho nitro benzene ring substituents is 1. The SMILES string of the molecule is CC(C)C(NC(=O)c1ccc([N+](=O)[O-])cc1Cl)C(=O)NCCCn1nc2n(c1=O)CCCC2. The van der Waals surface area contributed by atoms with Gasteiger partial charge in [0.2, 0.25) is 5.91 Å². The number of carbonyl (C=O) groups is 2. The first-order valence-electron chi connectivity index (χ1n) is 10.9. The fraction of sp³-hybridized carbons (Fsp3) is 0.524. The first-order valence-corrected chi connectivity index (χ1v) is 11.3. The molecule has 1 unspecified atom stereocenters. The van der Waals surface area contributed by atoms with Crippen molar-refractivity contribution >= 4 is 29.1 Å². The number of amides is 2. The van der Waals surface area contributed by atoms with Crippen LogP contribution < -0.4 is 16.3 Å².